The molecule has 0 aromatic heterocycles. The smallest absolute Gasteiger partial charge is 0.326 e. The molecule has 1 aliphatic rings. The highest BCUT2D eigenvalue weighted by Crippen LogP contribution is 2.37. The maximum atomic E-state index is 13.6. The molecule has 0 bridgehead atoms. The first-order chi connectivity index (χ1) is 13.1. The number of hydrogen-bond donors (Lipinski definition) is 1. The molecule has 2 atom stereocenters. The SMILES string of the molecule is C[C@@H](C(=O)O)N(C(=O)C1CCc2ccccc21)c1cccc2ccccc12. The molecular weight excluding hydrogens is 338 g/mol. The van der Waals surface area contributed by atoms with Gasteiger partial charge in [0.2, 0.25) is 5.91 Å². The van der Waals surface area contributed by atoms with Gasteiger partial charge in [0.05, 0.1) is 11.6 Å². The van der Waals surface area contributed by atoms with Crippen molar-refractivity contribution in [1.82, 2.24) is 0 Å². The zero-order valence-electron chi connectivity index (χ0n) is 15.1. The van der Waals surface area contributed by atoms with Crippen molar-refractivity contribution in [2.75, 3.05) is 4.90 Å². The fraction of sp³-hybridized carbons (Fsp3) is 0.217. The second kappa shape index (κ2) is 6.88. The molecule has 0 heterocycles. The van der Waals surface area contributed by atoms with Gasteiger partial charge in [0, 0.05) is 5.39 Å². The summed E-state index contributed by atoms with van der Waals surface area (Å²) >= 11 is 0. The number of carbonyl (C=O) groups excluding carboxylic acids is 1. The highest BCUT2D eigenvalue weighted by molar-refractivity contribution is 6.09. The monoisotopic (exact) mass is 359 g/mol. The summed E-state index contributed by atoms with van der Waals surface area (Å²) < 4.78 is 0. The predicted octanol–water partition coefficient (Wildman–Crippen LogP) is 4.38. The number of hydrogen-bond acceptors (Lipinski definition) is 2. The van der Waals surface area contributed by atoms with Crippen LogP contribution in [0.15, 0.2) is 66.7 Å². The average Bonchev–Trinajstić information content (AvgIpc) is 3.12. The average molecular weight is 359 g/mol. The van der Waals surface area contributed by atoms with Crippen LogP contribution >= 0.6 is 0 Å². The van der Waals surface area contributed by atoms with Crippen molar-refractivity contribution in [3.8, 4) is 0 Å². The van der Waals surface area contributed by atoms with Crippen molar-refractivity contribution in [2.45, 2.75) is 31.7 Å². The Hall–Kier alpha value is -3.14. The molecule has 27 heavy (non-hydrogen) atoms. The maximum Gasteiger partial charge on any atom is 0.326 e. The molecule has 4 heteroatoms. The van der Waals surface area contributed by atoms with Crippen molar-refractivity contribution in [1.29, 1.82) is 0 Å². The first-order valence-electron chi connectivity index (χ1n) is 9.19. The number of nitrogens with zero attached hydrogens (tertiary/aromatic N) is 1. The third kappa shape index (κ3) is 2.97. The maximum absolute atomic E-state index is 13.6. The Balaban J connectivity index is 1.83. The Morgan fingerprint density at radius 2 is 1.70 bits per heavy atom. The van der Waals surface area contributed by atoms with E-state index < -0.39 is 12.0 Å². The van der Waals surface area contributed by atoms with Crippen molar-refractivity contribution >= 4 is 28.3 Å². The normalized spacial score (nSPS) is 16.7. The molecule has 3 aromatic rings. The van der Waals surface area contributed by atoms with Crippen molar-refractivity contribution in [3.05, 3.63) is 77.9 Å². The van der Waals surface area contributed by atoms with Gasteiger partial charge in [-0.05, 0) is 42.3 Å². The van der Waals surface area contributed by atoms with E-state index in [1.807, 2.05) is 66.7 Å². The van der Waals surface area contributed by atoms with Crippen LogP contribution < -0.4 is 4.90 Å². The van der Waals surface area contributed by atoms with Crippen LogP contribution in [0.2, 0.25) is 0 Å². The minimum Gasteiger partial charge on any atom is -0.480 e. The fourth-order valence-electron chi connectivity index (χ4n) is 4.03. The quantitative estimate of drug-likeness (QED) is 0.752. The molecule has 136 valence electrons. The lowest BCUT2D eigenvalue weighted by molar-refractivity contribution is -0.139. The number of aryl methyl sites for hydroxylation is 1. The third-order valence-electron chi connectivity index (χ3n) is 5.44. The summed E-state index contributed by atoms with van der Waals surface area (Å²) in [6.07, 6.45) is 1.56. The van der Waals surface area contributed by atoms with E-state index in [-0.39, 0.29) is 11.8 Å². The lowest BCUT2D eigenvalue weighted by Gasteiger charge is -2.30. The van der Waals surface area contributed by atoms with Crippen LogP contribution in [-0.4, -0.2) is 23.0 Å². The summed E-state index contributed by atoms with van der Waals surface area (Å²) in [4.78, 5) is 26.9. The van der Waals surface area contributed by atoms with Crippen LogP contribution in [0.1, 0.15) is 30.4 Å². The fourth-order valence-corrected chi connectivity index (χ4v) is 4.03. The number of aliphatic carboxylic acids is 1. The zero-order valence-corrected chi connectivity index (χ0v) is 15.1. The van der Waals surface area contributed by atoms with Crippen LogP contribution in [0.4, 0.5) is 5.69 Å². The Labute approximate surface area is 158 Å². The van der Waals surface area contributed by atoms with Crippen LogP contribution in [0.5, 0.6) is 0 Å². The lowest BCUT2D eigenvalue weighted by Crippen LogP contribution is -2.45. The van der Waals surface area contributed by atoms with Gasteiger partial charge in [-0.25, -0.2) is 4.79 Å². The van der Waals surface area contributed by atoms with Crippen LogP contribution in [0.25, 0.3) is 10.8 Å². The minimum absolute atomic E-state index is 0.147. The molecule has 1 unspecified atom stereocenters. The number of carboxylic acid groups (broad SMARTS) is 1. The standard InChI is InChI=1S/C23H21NO3/c1-15(23(26)27)24(21-12-6-9-16-7-3-5-11-19(16)21)22(25)20-14-13-17-8-2-4-10-18(17)20/h2-12,15,20H,13-14H2,1H3,(H,26,27)/t15-,20?/m0/s1. The molecule has 1 aliphatic carbocycles. The number of anilines is 1. The Morgan fingerprint density at radius 3 is 2.52 bits per heavy atom. The third-order valence-corrected chi connectivity index (χ3v) is 5.44. The van der Waals surface area contributed by atoms with E-state index in [4.69, 9.17) is 0 Å². The van der Waals surface area contributed by atoms with E-state index in [0.29, 0.717) is 12.1 Å². The second-order valence-corrected chi connectivity index (χ2v) is 7.01. The van der Waals surface area contributed by atoms with Gasteiger partial charge < -0.3 is 5.11 Å². The van der Waals surface area contributed by atoms with Gasteiger partial charge in [0.15, 0.2) is 0 Å². The van der Waals surface area contributed by atoms with Crippen molar-refractivity contribution in [2.24, 2.45) is 0 Å². The summed E-state index contributed by atoms with van der Waals surface area (Å²) in [5.41, 5.74) is 2.85. The second-order valence-electron chi connectivity index (χ2n) is 7.01. The summed E-state index contributed by atoms with van der Waals surface area (Å²) in [6.45, 7) is 1.57. The zero-order chi connectivity index (χ0) is 19.0. The minimum atomic E-state index is -1.01. The topological polar surface area (TPSA) is 57.6 Å². The molecule has 0 saturated heterocycles. The first-order valence-corrected chi connectivity index (χ1v) is 9.19. The van der Waals surface area contributed by atoms with Gasteiger partial charge >= 0.3 is 5.97 Å². The number of amides is 1. The highest BCUT2D eigenvalue weighted by atomic mass is 16.4. The molecule has 1 amide bonds. The molecule has 3 aromatic carbocycles. The predicted molar refractivity (Wildman–Crippen MR) is 106 cm³/mol. The molecule has 4 nitrogen and oxygen atoms in total. The van der Waals surface area contributed by atoms with E-state index in [1.54, 1.807) is 6.92 Å². The van der Waals surface area contributed by atoms with Crippen molar-refractivity contribution in [3.63, 3.8) is 0 Å². The van der Waals surface area contributed by atoms with E-state index in [1.165, 1.54) is 10.5 Å². The van der Waals surface area contributed by atoms with E-state index in [2.05, 4.69) is 0 Å². The van der Waals surface area contributed by atoms with Crippen LogP contribution in [0.3, 0.4) is 0 Å². The summed E-state index contributed by atoms with van der Waals surface area (Å²) in [6, 6.07) is 20.4. The van der Waals surface area contributed by atoms with E-state index in [0.717, 1.165) is 22.8 Å². The van der Waals surface area contributed by atoms with E-state index >= 15 is 0 Å². The molecule has 0 radical (unpaired) electrons. The number of fused-ring (bicyclic) bond motifs is 2. The van der Waals surface area contributed by atoms with E-state index in [9.17, 15) is 14.7 Å². The Kier molecular flexibility index (Phi) is 4.40. The van der Waals surface area contributed by atoms with Gasteiger partial charge in [-0.3, -0.25) is 9.69 Å². The Bertz CT molecular complexity index is 1020. The van der Waals surface area contributed by atoms with Gasteiger partial charge in [-0.1, -0.05) is 60.7 Å². The number of rotatable bonds is 4. The lowest BCUT2D eigenvalue weighted by atomic mass is 9.97. The van der Waals surface area contributed by atoms with Gasteiger partial charge in [0.25, 0.3) is 0 Å². The first kappa shape index (κ1) is 17.3. The summed E-state index contributed by atoms with van der Waals surface area (Å²) in [7, 11) is 0. The molecule has 1 N–H and O–H groups in total. The van der Waals surface area contributed by atoms with Gasteiger partial charge in [-0.2, -0.15) is 0 Å². The highest BCUT2D eigenvalue weighted by Gasteiger charge is 2.36. The van der Waals surface area contributed by atoms with Gasteiger partial charge in [-0.15, -0.1) is 0 Å². The number of benzene rings is 3. The molecule has 0 fully saturated rings. The largest absolute Gasteiger partial charge is 0.480 e. The van der Waals surface area contributed by atoms with Crippen LogP contribution in [0, 0.1) is 0 Å². The van der Waals surface area contributed by atoms with Crippen LogP contribution in [-0.2, 0) is 16.0 Å². The number of carbonyl (C=O) groups is 2. The summed E-state index contributed by atoms with van der Waals surface area (Å²) in [5.74, 6) is -1.46. The molecule has 0 saturated carbocycles. The molecule has 4 rings (SSSR count). The van der Waals surface area contributed by atoms with Gasteiger partial charge in [0.1, 0.15) is 6.04 Å². The summed E-state index contributed by atoms with van der Waals surface area (Å²) in [5, 5.41) is 11.5. The Morgan fingerprint density at radius 1 is 1.00 bits per heavy atom. The van der Waals surface area contributed by atoms with Crippen molar-refractivity contribution < 1.29 is 14.7 Å². The molecule has 0 aliphatic heterocycles. The molecule has 0 spiro atoms. The number of carboxylic acids is 1. The molecular formula is C23H21NO3.